The zero-order chi connectivity index (χ0) is 2.71. The first kappa shape index (κ1) is 8.82. The molecular formula is C2H9GeO. The minimum absolute atomic E-state index is 0. The van der Waals surface area contributed by atoms with E-state index in [9.17, 15) is 0 Å². The predicted molar refractivity (Wildman–Crippen MR) is 22.6 cm³/mol. The minimum atomic E-state index is 0. The first-order valence-corrected chi connectivity index (χ1v) is 3.31. The molecule has 0 amide bonds. The molecular weight excluding hydrogens is 113 g/mol. The van der Waals surface area contributed by atoms with Gasteiger partial charge in [-0.05, 0) is 0 Å². The molecule has 2 heteroatoms. The van der Waals surface area contributed by atoms with Crippen LogP contribution in [0.25, 0.3) is 0 Å². The second-order valence-corrected chi connectivity index (χ2v) is 2.60. The summed E-state index contributed by atoms with van der Waals surface area (Å²) in [6.07, 6.45) is 0. The van der Waals surface area contributed by atoms with Crippen molar-refractivity contribution in [3.05, 3.63) is 0 Å². The van der Waals surface area contributed by atoms with Gasteiger partial charge in [0.15, 0.2) is 0 Å². The van der Waals surface area contributed by atoms with Crippen molar-refractivity contribution in [3.63, 3.8) is 0 Å². The molecule has 0 spiro atoms. The average Bonchev–Trinajstić information content (AvgIpc) is 0.918. The van der Waals surface area contributed by atoms with Crippen molar-refractivity contribution in [1.82, 2.24) is 0 Å². The van der Waals surface area contributed by atoms with Crippen molar-refractivity contribution < 1.29 is 5.48 Å². The van der Waals surface area contributed by atoms with Gasteiger partial charge in [-0.1, -0.05) is 0 Å². The quantitative estimate of drug-likeness (QED) is 0.378. The molecule has 0 aliphatic heterocycles. The molecule has 0 fully saturated rings. The van der Waals surface area contributed by atoms with E-state index < -0.39 is 0 Å². The van der Waals surface area contributed by atoms with E-state index >= 15 is 0 Å². The molecule has 0 atom stereocenters. The van der Waals surface area contributed by atoms with Crippen molar-refractivity contribution in [2.24, 2.45) is 0 Å². The van der Waals surface area contributed by atoms with E-state index in [1.165, 1.54) is 21.8 Å². The molecule has 0 aromatic rings. The first-order valence-electron chi connectivity index (χ1n) is 1.21. The van der Waals surface area contributed by atoms with Crippen molar-refractivity contribution in [2.75, 3.05) is 0 Å². The summed E-state index contributed by atoms with van der Waals surface area (Å²) in [6, 6.07) is 0. The summed E-state index contributed by atoms with van der Waals surface area (Å²) in [5.74, 6) is 0. The van der Waals surface area contributed by atoms with Gasteiger partial charge in [0, 0.05) is 0 Å². The van der Waals surface area contributed by atoms with Gasteiger partial charge in [0.05, 0.1) is 0 Å². The average molecular weight is 122 g/mol. The van der Waals surface area contributed by atoms with E-state index in [1.807, 2.05) is 0 Å². The Balaban J connectivity index is 0. The van der Waals surface area contributed by atoms with Crippen molar-refractivity contribution in [2.45, 2.75) is 12.2 Å². The largest absolute Gasteiger partial charge is 0.412 e. The summed E-state index contributed by atoms with van der Waals surface area (Å²) >= 11 is 1.44. The van der Waals surface area contributed by atoms with Crippen LogP contribution in [-0.2, 0) is 0 Å². The molecule has 1 radical (unpaired) electrons. The van der Waals surface area contributed by atoms with Gasteiger partial charge in [-0.3, -0.25) is 0 Å². The zero-order valence-electron chi connectivity index (χ0n) is 2.91. The third-order valence-electron chi connectivity index (χ3n) is 0. The first-order chi connectivity index (χ1) is 1.41. The Morgan fingerprint density at radius 2 is 1.75 bits per heavy atom. The maximum absolute atomic E-state index is 2.18. The smallest absolute Gasteiger partial charge is 0.412 e. The van der Waals surface area contributed by atoms with E-state index in [0.717, 1.165) is 0 Å². The van der Waals surface area contributed by atoms with Crippen LogP contribution in [0.4, 0.5) is 0 Å². The van der Waals surface area contributed by atoms with Gasteiger partial charge in [0.25, 0.3) is 0 Å². The molecule has 4 heavy (non-hydrogen) atoms. The molecule has 0 saturated heterocycles. The molecule has 0 aromatic heterocycles. The molecule has 0 aromatic carbocycles. The van der Waals surface area contributed by atoms with Crippen LogP contribution < -0.4 is 0 Å². The fourth-order valence-electron chi connectivity index (χ4n) is 0. The molecule has 0 aliphatic carbocycles. The molecule has 2 N–H and O–H groups in total. The van der Waals surface area contributed by atoms with Crippen LogP contribution in [-0.4, -0.2) is 22.0 Å². The fraction of sp³-hybridized carbons (Fsp3) is 1.00. The van der Waals surface area contributed by atoms with Crippen LogP contribution in [0.5, 0.6) is 0 Å². The summed E-state index contributed by atoms with van der Waals surface area (Å²) in [5.41, 5.74) is 0. The maximum Gasteiger partial charge on any atom is -0.412 e. The monoisotopic (exact) mass is 123 g/mol. The summed E-state index contributed by atoms with van der Waals surface area (Å²) in [6.45, 7) is 2.18. The minimum Gasteiger partial charge on any atom is -0.412 e. The molecule has 0 bridgehead atoms. The van der Waals surface area contributed by atoms with Gasteiger partial charge in [-0.15, -0.1) is 0 Å². The Morgan fingerprint density at radius 3 is 1.75 bits per heavy atom. The van der Waals surface area contributed by atoms with Crippen molar-refractivity contribution in [1.29, 1.82) is 0 Å². The Hall–Kier alpha value is 0.503. The van der Waals surface area contributed by atoms with E-state index in [4.69, 9.17) is 0 Å². The Morgan fingerprint density at radius 1 is 1.75 bits per heavy atom. The Kier molecular flexibility index (Phi) is 21.4. The molecule has 0 unspecified atom stereocenters. The fourth-order valence-corrected chi connectivity index (χ4v) is 0. The summed E-state index contributed by atoms with van der Waals surface area (Å²) < 4.78 is 0. The molecule has 0 rings (SSSR count). The van der Waals surface area contributed by atoms with Gasteiger partial charge < -0.3 is 5.48 Å². The number of hydrogen-bond donors (Lipinski definition) is 0. The summed E-state index contributed by atoms with van der Waals surface area (Å²) in [7, 11) is 0. The Bertz CT molecular complexity index is 6.00. The normalized spacial score (nSPS) is 4.50. The SMILES string of the molecule is C[CH2][GeH2].O. The van der Waals surface area contributed by atoms with E-state index in [1.54, 1.807) is 0 Å². The molecule has 0 saturated carbocycles. The molecule has 1 nitrogen and oxygen atoms in total. The number of rotatable bonds is 0. The molecule has 0 aliphatic rings. The van der Waals surface area contributed by atoms with Crippen LogP contribution in [0.15, 0.2) is 0 Å². The second kappa shape index (κ2) is 9.72. The topological polar surface area (TPSA) is 31.5 Å². The van der Waals surface area contributed by atoms with Crippen LogP contribution >= 0.6 is 0 Å². The van der Waals surface area contributed by atoms with Gasteiger partial charge in [0.2, 0.25) is 0 Å². The van der Waals surface area contributed by atoms with Gasteiger partial charge in [-0.25, -0.2) is 0 Å². The standard InChI is InChI=1S/C2H7Ge.H2O/c1-2-3;/h2-3H2,1H3;1H2. The van der Waals surface area contributed by atoms with Crippen molar-refractivity contribution >= 4 is 16.5 Å². The molecule has 27 valence electrons. The van der Waals surface area contributed by atoms with Crippen LogP contribution in [0.1, 0.15) is 6.92 Å². The van der Waals surface area contributed by atoms with Gasteiger partial charge >= 0.3 is 28.7 Å². The number of hydrogen-bond acceptors (Lipinski definition) is 0. The zero-order valence-corrected chi connectivity index (χ0v) is 5.88. The summed E-state index contributed by atoms with van der Waals surface area (Å²) in [5, 5.41) is 1.38. The van der Waals surface area contributed by atoms with Crippen LogP contribution in [0.3, 0.4) is 0 Å². The van der Waals surface area contributed by atoms with Gasteiger partial charge in [0.1, 0.15) is 0 Å². The van der Waals surface area contributed by atoms with E-state index in [2.05, 4.69) is 6.92 Å². The van der Waals surface area contributed by atoms with Crippen LogP contribution in [0, 0.1) is 0 Å². The van der Waals surface area contributed by atoms with E-state index in [0.29, 0.717) is 0 Å². The third kappa shape index (κ3) is 22.4. The van der Waals surface area contributed by atoms with Crippen LogP contribution in [0.2, 0.25) is 5.25 Å². The third-order valence-corrected chi connectivity index (χ3v) is 0. The molecule has 0 heterocycles. The summed E-state index contributed by atoms with van der Waals surface area (Å²) in [4.78, 5) is 0. The second-order valence-electron chi connectivity index (χ2n) is 0.500. The van der Waals surface area contributed by atoms with Crippen molar-refractivity contribution in [3.8, 4) is 0 Å². The Labute approximate surface area is 34.9 Å². The van der Waals surface area contributed by atoms with E-state index in [-0.39, 0.29) is 5.48 Å². The van der Waals surface area contributed by atoms with Gasteiger partial charge in [-0.2, -0.15) is 0 Å². The maximum atomic E-state index is 2.18. The predicted octanol–water partition coefficient (Wildman–Crippen LogP) is -0.767.